The molecule has 7 heteroatoms. The van der Waals surface area contributed by atoms with Crippen molar-refractivity contribution in [2.24, 2.45) is 0 Å². The van der Waals surface area contributed by atoms with Crippen molar-refractivity contribution in [2.75, 3.05) is 0 Å². The zero-order chi connectivity index (χ0) is 27.4. The van der Waals surface area contributed by atoms with Crippen molar-refractivity contribution in [3.8, 4) is 39.4 Å². The third-order valence-corrected chi connectivity index (χ3v) is 7.03. The quantitative estimate of drug-likeness (QED) is 0.234. The van der Waals surface area contributed by atoms with E-state index in [1.165, 1.54) is 11.3 Å². The van der Waals surface area contributed by atoms with E-state index < -0.39 is 0 Å². The fraction of sp³-hybridized carbons (Fsp3) is 0.125. The molecule has 0 saturated heterocycles. The first kappa shape index (κ1) is 25.8. The molecule has 1 amide bonds. The van der Waals surface area contributed by atoms with Crippen molar-refractivity contribution < 1.29 is 9.53 Å². The molecule has 0 unspecified atom stereocenters. The maximum Gasteiger partial charge on any atom is 0.279 e. The Morgan fingerprint density at radius 1 is 1.00 bits per heavy atom. The molecule has 5 rings (SSSR count). The highest BCUT2D eigenvalue weighted by atomic mass is 32.1. The summed E-state index contributed by atoms with van der Waals surface area (Å²) in [6, 6.07) is 26.8. The van der Waals surface area contributed by atoms with Gasteiger partial charge < -0.3 is 10.1 Å². The number of thiazole rings is 1. The number of nitrogens with zero attached hydrogens (tertiary/aromatic N) is 3. The minimum atomic E-state index is -0.260. The molecule has 0 fully saturated rings. The number of ether oxygens (including phenoxy) is 1. The molecule has 0 aliphatic rings. The van der Waals surface area contributed by atoms with Crippen LogP contribution in [0.1, 0.15) is 45.7 Å². The monoisotopic (exact) mass is 530 g/mol. The molecule has 0 aliphatic heterocycles. The molecule has 0 saturated carbocycles. The molecule has 3 aromatic carbocycles. The van der Waals surface area contributed by atoms with E-state index in [2.05, 4.69) is 21.4 Å². The normalized spacial score (nSPS) is 11.4. The van der Waals surface area contributed by atoms with Gasteiger partial charge in [-0.15, -0.1) is 0 Å². The molecule has 1 N–H and O–H groups in total. The fourth-order valence-corrected chi connectivity index (χ4v) is 4.89. The van der Waals surface area contributed by atoms with Crippen molar-refractivity contribution in [2.45, 2.75) is 26.8 Å². The smallest absolute Gasteiger partial charge is 0.279 e. The van der Waals surface area contributed by atoms with Crippen molar-refractivity contribution >= 4 is 17.2 Å². The number of pyridine rings is 1. The number of aromatic nitrogens is 2. The predicted molar refractivity (Wildman–Crippen MR) is 154 cm³/mol. The lowest BCUT2D eigenvalue weighted by atomic mass is 9.96. The zero-order valence-corrected chi connectivity index (χ0v) is 22.6. The van der Waals surface area contributed by atoms with E-state index in [1.54, 1.807) is 18.3 Å². The first-order valence-corrected chi connectivity index (χ1v) is 13.4. The molecule has 2 aromatic heterocycles. The van der Waals surface area contributed by atoms with Crippen LogP contribution < -0.4 is 10.1 Å². The maximum absolute atomic E-state index is 13.4. The summed E-state index contributed by atoms with van der Waals surface area (Å²) in [4.78, 5) is 22.4. The van der Waals surface area contributed by atoms with E-state index in [0.29, 0.717) is 27.6 Å². The van der Waals surface area contributed by atoms with E-state index in [1.807, 2.05) is 92.9 Å². The molecule has 5 aromatic rings. The first-order chi connectivity index (χ1) is 18.9. The summed E-state index contributed by atoms with van der Waals surface area (Å²) in [5, 5.41) is 15.2. The molecule has 1 atom stereocenters. The highest BCUT2D eigenvalue weighted by Gasteiger charge is 2.17. The van der Waals surface area contributed by atoms with Gasteiger partial charge in [0.2, 0.25) is 0 Å². The lowest BCUT2D eigenvalue weighted by Crippen LogP contribution is -2.26. The Morgan fingerprint density at radius 2 is 1.82 bits per heavy atom. The minimum Gasteiger partial charge on any atom is -0.431 e. The van der Waals surface area contributed by atoms with Gasteiger partial charge in [0.25, 0.3) is 11.1 Å². The number of carbonyl (C=O) groups excluding carboxylic acids is 1. The Hall–Kier alpha value is -4.80. The molecule has 0 aliphatic carbocycles. The molecule has 192 valence electrons. The van der Waals surface area contributed by atoms with Crippen LogP contribution in [0.25, 0.3) is 22.4 Å². The van der Waals surface area contributed by atoms with Crippen LogP contribution in [0, 0.1) is 25.2 Å². The Balaban J connectivity index is 1.49. The molecule has 0 spiro atoms. The Bertz CT molecular complexity index is 1670. The number of amides is 1. The van der Waals surface area contributed by atoms with Crippen LogP contribution in [0.4, 0.5) is 0 Å². The summed E-state index contributed by atoms with van der Waals surface area (Å²) in [6.45, 7) is 5.78. The van der Waals surface area contributed by atoms with Crippen molar-refractivity contribution in [1.29, 1.82) is 5.26 Å². The maximum atomic E-state index is 13.4. The van der Waals surface area contributed by atoms with E-state index >= 15 is 0 Å². The van der Waals surface area contributed by atoms with Gasteiger partial charge in [-0.05, 0) is 73.4 Å². The summed E-state index contributed by atoms with van der Waals surface area (Å²) in [6.07, 6.45) is 1.77. The van der Waals surface area contributed by atoms with E-state index in [-0.39, 0.29) is 11.9 Å². The highest BCUT2D eigenvalue weighted by molar-refractivity contribution is 7.11. The summed E-state index contributed by atoms with van der Waals surface area (Å²) in [5.41, 5.74) is 6.99. The summed E-state index contributed by atoms with van der Waals surface area (Å²) < 4.78 is 6.17. The third-order valence-electron chi connectivity index (χ3n) is 6.31. The van der Waals surface area contributed by atoms with Crippen molar-refractivity contribution in [1.82, 2.24) is 15.3 Å². The van der Waals surface area contributed by atoms with Crippen LogP contribution >= 0.6 is 11.3 Å². The molecule has 0 radical (unpaired) electrons. The van der Waals surface area contributed by atoms with Gasteiger partial charge in [-0.3, -0.25) is 9.78 Å². The van der Waals surface area contributed by atoms with Crippen LogP contribution in [-0.2, 0) is 0 Å². The fourth-order valence-electron chi connectivity index (χ4n) is 4.19. The van der Waals surface area contributed by atoms with Crippen LogP contribution in [0.3, 0.4) is 0 Å². The van der Waals surface area contributed by atoms with Crippen LogP contribution in [-0.4, -0.2) is 15.9 Å². The lowest BCUT2D eigenvalue weighted by molar-refractivity contribution is 0.0939. The van der Waals surface area contributed by atoms with Gasteiger partial charge in [-0.2, -0.15) is 5.26 Å². The molecular weight excluding hydrogens is 504 g/mol. The number of aryl methyl sites for hydroxylation is 2. The van der Waals surface area contributed by atoms with Crippen LogP contribution in [0.2, 0.25) is 0 Å². The van der Waals surface area contributed by atoms with Crippen LogP contribution in [0.5, 0.6) is 10.9 Å². The Kier molecular flexibility index (Phi) is 7.48. The SMILES string of the molecule is Cc1ccc(-c2cc(Oc3nc(-c4ccccc4)cs3)cc(C(=O)N[C@H](C)c3ccc(C)nc3)c2)c(C#N)c1. The number of nitrogens with one attached hydrogen (secondary N) is 1. The van der Waals surface area contributed by atoms with Gasteiger partial charge >= 0.3 is 0 Å². The standard InChI is InChI=1S/C32H26N4O2S/c1-20-9-12-29(27(13-20)17-33)25-14-26(31(37)35-22(3)24-11-10-21(2)34-18-24)16-28(15-25)38-32-36-30(19-39-32)23-7-5-4-6-8-23/h4-16,18-19,22H,1-3H3,(H,35,37)/t22-/m1/s1. The lowest BCUT2D eigenvalue weighted by Gasteiger charge is -2.16. The summed E-state index contributed by atoms with van der Waals surface area (Å²) in [7, 11) is 0. The molecule has 6 nitrogen and oxygen atoms in total. The average Bonchev–Trinajstić information content (AvgIpc) is 3.42. The third kappa shape index (κ3) is 6.03. The number of hydrogen-bond acceptors (Lipinski definition) is 6. The highest BCUT2D eigenvalue weighted by Crippen LogP contribution is 2.34. The number of benzene rings is 3. The minimum absolute atomic E-state index is 0.250. The second kappa shape index (κ2) is 11.3. The largest absolute Gasteiger partial charge is 0.431 e. The van der Waals surface area contributed by atoms with Gasteiger partial charge in [0.05, 0.1) is 23.4 Å². The Labute approximate surface area is 231 Å². The van der Waals surface area contributed by atoms with Crippen molar-refractivity contribution in [3.63, 3.8) is 0 Å². The second-order valence-electron chi connectivity index (χ2n) is 9.30. The average molecular weight is 531 g/mol. The molecule has 39 heavy (non-hydrogen) atoms. The Morgan fingerprint density at radius 3 is 2.56 bits per heavy atom. The van der Waals surface area contributed by atoms with Gasteiger partial charge in [0, 0.05) is 28.4 Å². The van der Waals surface area contributed by atoms with Gasteiger partial charge in [0.1, 0.15) is 5.75 Å². The van der Waals surface area contributed by atoms with Gasteiger partial charge in [-0.1, -0.05) is 59.9 Å². The van der Waals surface area contributed by atoms with Gasteiger partial charge in [-0.25, -0.2) is 4.98 Å². The molecule has 2 heterocycles. The number of nitriles is 1. The topological polar surface area (TPSA) is 87.9 Å². The van der Waals surface area contributed by atoms with E-state index in [4.69, 9.17) is 4.74 Å². The van der Waals surface area contributed by atoms with Crippen molar-refractivity contribution in [3.05, 3.63) is 118 Å². The van der Waals surface area contributed by atoms with Crippen LogP contribution in [0.15, 0.2) is 90.4 Å². The molecule has 0 bridgehead atoms. The number of hydrogen-bond donors (Lipinski definition) is 1. The number of carbonyl (C=O) groups is 1. The second-order valence-corrected chi connectivity index (χ2v) is 10.1. The van der Waals surface area contributed by atoms with E-state index in [0.717, 1.165) is 33.6 Å². The summed E-state index contributed by atoms with van der Waals surface area (Å²) in [5.74, 6) is 0.199. The molecular formula is C32H26N4O2S. The van der Waals surface area contributed by atoms with E-state index in [9.17, 15) is 10.1 Å². The first-order valence-electron chi connectivity index (χ1n) is 12.5. The zero-order valence-electron chi connectivity index (χ0n) is 21.8. The summed E-state index contributed by atoms with van der Waals surface area (Å²) >= 11 is 1.38. The van der Waals surface area contributed by atoms with Gasteiger partial charge in [0.15, 0.2) is 0 Å². The number of rotatable bonds is 7. The predicted octanol–water partition coefficient (Wildman–Crippen LogP) is 7.64.